The van der Waals surface area contributed by atoms with E-state index in [9.17, 15) is 4.79 Å². The Kier molecular flexibility index (Phi) is 5.04. The molecule has 0 aliphatic heterocycles. The van der Waals surface area contributed by atoms with Gasteiger partial charge in [0.2, 0.25) is 0 Å². The lowest BCUT2D eigenvalue weighted by atomic mass is 9.93. The van der Waals surface area contributed by atoms with E-state index in [0.29, 0.717) is 0 Å². The van der Waals surface area contributed by atoms with Crippen molar-refractivity contribution < 1.29 is 0 Å². The van der Waals surface area contributed by atoms with E-state index >= 15 is 0 Å². The first-order valence-corrected chi connectivity index (χ1v) is 11.5. The van der Waals surface area contributed by atoms with Gasteiger partial charge in [-0.15, -0.1) is 0 Å². The molecule has 0 fully saturated rings. The van der Waals surface area contributed by atoms with E-state index in [1.807, 2.05) is 71.3 Å². The number of aromatic nitrogens is 1. The Morgan fingerprint density at radius 2 is 1.15 bits per heavy atom. The fraction of sp³-hybridized carbons (Fsp3) is 0.0312. The first-order chi connectivity index (χ1) is 16.8. The summed E-state index contributed by atoms with van der Waals surface area (Å²) in [5.41, 5.74) is 6.95. The molecule has 4 aromatic carbocycles. The molecule has 2 nitrogen and oxygen atoms in total. The minimum Gasteiger partial charge on any atom is -0.283 e. The number of hydrogen-bond donors (Lipinski definition) is 0. The molecule has 2 heteroatoms. The van der Waals surface area contributed by atoms with Gasteiger partial charge >= 0.3 is 0 Å². The van der Waals surface area contributed by atoms with Crippen LogP contribution >= 0.6 is 0 Å². The van der Waals surface area contributed by atoms with E-state index in [1.165, 1.54) is 10.9 Å². The molecule has 0 aliphatic carbocycles. The highest BCUT2D eigenvalue weighted by atomic mass is 16.1. The maximum atomic E-state index is 14.1. The number of nitrogens with zero attached hydrogens (tertiary/aromatic N) is 1. The van der Waals surface area contributed by atoms with Gasteiger partial charge in [-0.1, -0.05) is 115 Å². The highest BCUT2D eigenvalue weighted by Crippen LogP contribution is 2.33. The molecule has 0 amide bonds. The zero-order valence-corrected chi connectivity index (χ0v) is 18.7. The first-order valence-electron chi connectivity index (χ1n) is 11.5. The molecule has 0 atom stereocenters. The molecule has 0 N–H and O–H groups in total. The van der Waals surface area contributed by atoms with Crippen LogP contribution in [-0.2, 0) is 6.42 Å². The summed E-state index contributed by atoms with van der Waals surface area (Å²) in [6.07, 6.45) is 2.80. The van der Waals surface area contributed by atoms with Crippen LogP contribution in [0.25, 0.3) is 38.5 Å². The second-order valence-electron chi connectivity index (χ2n) is 8.59. The molecule has 34 heavy (non-hydrogen) atoms. The lowest BCUT2D eigenvalue weighted by Gasteiger charge is -2.16. The molecule has 0 saturated carbocycles. The smallest absolute Gasteiger partial charge is 0.263 e. The molecular weight excluding hydrogens is 414 g/mol. The highest BCUT2D eigenvalue weighted by Gasteiger charge is 2.17. The Bertz CT molecular complexity index is 1670. The zero-order valence-electron chi connectivity index (χ0n) is 18.7. The van der Waals surface area contributed by atoms with Gasteiger partial charge in [0, 0.05) is 11.6 Å². The Labute approximate surface area is 198 Å². The van der Waals surface area contributed by atoms with Crippen LogP contribution < -0.4 is 5.56 Å². The number of rotatable bonds is 4. The van der Waals surface area contributed by atoms with Crippen LogP contribution in [-0.4, -0.2) is 4.40 Å². The molecule has 6 rings (SSSR count). The third kappa shape index (κ3) is 3.50. The number of benzene rings is 4. The summed E-state index contributed by atoms with van der Waals surface area (Å²) in [5.74, 6) is 0. The molecule has 0 unspecified atom stereocenters. The largest absolute Gasteiger partial charge is 0.283 e. The summed E-state index contributed by atoms with van der Waals surface area (Å²) >= 11 is 0. The summed E-state index contributed by atoms with van der Waals surface area (Å²) in [5, 5.41) is 2.27. The molecule has 0 spiro atoms. The summed E-state index contributed by atoms with van der Waals surface area (Å²) in [4.78, 5) is 14.1. The van der Waals surface area contributed by atoms with E-state index in [1.54, 1.807) is 0 Å². The van der Waals surface area contributed by atoms with Crippen molar-refractivity contribution in [3.05, 3.63) is 149 Å². The zero-order chi connectivity index (χ0) is 22.9. The molecule has 0 saturated heterocycles. The van der Waals surface area contributed by atoms with Crippen LogP contribution in [0.4, 0.5) is 0 Å². The Hall–Kier alpha value is -4.43. The van der Waals surface area contributed by atoms with Gasteiger partial charge < -0.3 is 0 Å². The molecular formula is C32H23NO. The van der Waals surface area contributed by atoms with Gasteiger partial charge in [-0.2, -0.15) is 0 Å². The van der Waals surface area contributed by atoms with Crippen molar-refractivity contribution in [3.63, 3.8) is 0 Å². The van der Waals surface area contributed by atoms with E-state index in [4.69, 9.17) is 0 Å². The van der Waals surface area contributed by atoms with E-state index < -0.39 is 0 Å². The highest BCUT2D eigenvalue weighted by molar-refractivity contribution is 6.00. The van der Waals surface area contributed by atoms with E-state index in [-0.39, 0.29) is 5.56 Å². The average molecular weight is 438 g/mol. The second kappa shape index (κ2) is 8.49. The maximum Gasteiger partial charge on any atom is 0.263 e. The summed E-state index contributed by atoms with van der Waals surface area (Å²) < 4.78 is 1.84. The van der Waals surface area contributed by atoms with Crippen LogP contribution in [0.1, 0.15) is 11.1 Å². The lowest BCUT2D eigenvalue weighted by Crippen LogP contribution is -2.18. The predicted molar refractivity (Wildman–Crippen MR) is 141 cm³/mol. The van der Waals surface area contributed by atoms with Crippen LogP contribution in [0.3, 0.4) is 0 Å². The molecule has 162 valence electrons. The standard InChI is InChI=1S/C32H23NO/c34-32-31(25-16-8-3-9-17-25)29(24-14-6-2-7-15-24)21-30-28-19-11-10-18-27(28)26(22-33(30)32)20-23-12-4-1-5-13-23/h1-19,21-22H,20H2. The molecule has 2 heterocycles. The quantitative estimate of drug-likeness (QED) is 0.264. The first kappa shape index (κ1) is 20.2. The van der Waals surface area contributed by atoms with Gasteiger partial charge in [0.1, 0.15) is 0 Å². The van der Waals surface area contributed by atoms with Gasteiger partial charge in [0.05, 0.1) is 11.1 Å². The Morgan fingerprint density at radius 1 is 0.588 bits per heavy atom. The van der Waals surface area contributed by atoms with Crippen molar-refractivity contribution in [3.8, 4) is 22.3 Å². The molecule has 2 aromatic heterocycles. The normalized spacial score (nSPS) is 11.2. The fourth-order valence-electron chi connectivity index (χ4n) is 4.86. The van der Waals surface area contributed by atoms with Crippen LogP contribution in [0, 0.1) is 0 Å². The number of fused-ring (bicyclic) bond motifs is 3. The van der Waals surface area contributed by atoms with E-state index in [0.717, 1.165) is 45.1 Å². The summed E-state index contributed by atoms with van der Waals surface area (Å²) in [6, 6.07) is 41.2. The number of pyridine rings is 2. The minimum absolute atomic E-state index is 0.00242. The van der Waals surface area contributed by atoms with Crippen LogP contribution in [0.2, 0.25) is 0 Å². The topological polar surface area (TPSA) is 21.5 Å². The third-order valence-corrected chi connectivity index (χ3v) is 6.46. The van der Waals surface area contributed by atoms with Crippen molar-refractivity contribution in [2.75, 3.05) is 0 Å². The Morgan fingerprint density at radius 3 is 1.82 bits per heavy atom. The fourth-order valence-corrected chi connectivity index (χ4v) is 4.86. The molecule has 0 bridgehead atoms. The third-order valence-electron chi connectivity index (χ3n) is 6.46. The van der Waals surface area contributed by atoms with Crippen LogP contribution in [0.15, 0.2) is 132 Å². The predicted octanol–water partition coefficient (Wildman–Crippen LogP) is 7.38. The van der Waals surface area contributed by atoms with Crippen molar-refractivity contribution in [1.82, 2.24) is 4.40 Å². The van der Waals surface area contributed by atoms with Crippen molar-refractivity contribution in [1.29, 1.82) is 0 Å². The van der Waals surface area contributed by atoms with Gasteiger partial charge in [-0.05, 0) is 45.7 Å². The lowest BCUT2D eigenvalue weighted by molar-refractivity contribution is 1.07. The summed E-state index contributed by atoms with van der Waals surface area (Å²) in [7, 11) is 0. The van der Waals surface area contributed by atoms with Crippen LogP contribution in [0.5, 0.6) is 0 Å². The van der Waals surface area contributed by atoms with Crippen molar-refractivity contribution in [2.45, 2.75) is 6.42 Å². The minimum atomic E-state index is 0.00242. The second-order valence-corrected chi connectivity index (χ2v) is 8.59. The van der Waals surface area contributed by atoms with Gasteiger partial charge in [-0.25, -0.2) is 0 Å². The maximum absolute atomic E-state index is 14.1. The van der Waals surface area contributed by atoms with Gasteiger partial charge in [0.25, 0.3) is 5.56 Å². The summed E-state index contributed by atoms with van der Waals surface area (Å²) in [6.45, 7) is 0. The molecule has 6 aromatic rings. The monoisotopic (exact) mass is 437 g/mol. The molecule has 0 radical (unpaired) electrons. The van der Waals surface area contributed by atoms with Gasteiger partial charge in [-0.3, -0.25) is 9.20 Å². The SMILES string of the molecule is O=c1c(-c2ccccc2)c(-c2ccccc2)cc2c3ccccc3c(Cc3ccccc3)cn12. The van der Waals surface area contributed by atoms with Gasteiger partial charge in [0.15, 0.2) is 0 Å². The van der Waals surface area contributed by atoms with E-state index in [2.05, 4.69) is 60.7 Å². The Balaban J connectivity index is 1.71. The van der Waals surface area contributed by atoms with Crippen molar-refractivity contribution in [2.24, 2.45) is 0 Å². The molecule has 0 aliphatic rings. The van der Waals surface area contributed by atoms with Crippen molar-refractivity contribution >= 4 is 16.3 Å². The average Bonchev–Trinajstić information content (AvgIpc) is 2.91. The number of hydrogen-bond acceptors (Lipinski definition) is 1.